The van der Waals surface area contributed by atoms with Crippen LogP contribution >= 0.6 is 23.2 Å². The first-order valence-corrected chi connectivity index (χ1v) is 7.84. The van der Waals surface area contributed by atoms with E-state index >= 15 is 0 Å². The lowest BCUT2D eigenvalue weighted by Crippen LogP contribution is -2.63. The number of rotatable bonds is 4. The molecule has 0 saturated carbocycles. The Hall–Kier alpha value is -0.950. The van der Waals surface area contributed by atoms with Crippen molar-refractivity contribution in [2.24, 2.45) is 4.40 Å². The van der Waals surface area contributed by atoms with E-state index in [1.807, 2.05) is 0 Å². The van der Waals surface area contributed by atoms with E-state index in [1.165, 1.54) is 0 Å². The van der Waals surface area contributed by atoms with E-state index in [2.05, 4.69) is 4.40 Å². The largest absolute Gasteiger partial charge is 0.460 e. The highest BCUT2D eigenvalue weighted by Crippen LogP contribution is 2.55. The second-order valence-electron chi connectivity index (χ2n) is 4.48. The molecule has 1 aliphatic carbocycles. The molecule has 0 saturated heterocycles. The zero-order valence-corrected chi connectivity index (χ0v) is 13.5. The van der Waals surface area contributed by atoms with Crippen LogP contribution in [-0.4, -0.2) is 37.4 Å². The molecule has 1 rings (SSSR count). The Labute approximate surface area is 143 Å². The molecule has 0 amide bonds. The molecule has 0 aromatic rings. The quantitative estimate of drug-likeness (QED) is 0.584. The molecule has 0 spiro atoms. The molecule has 25 heavy (non-hydrogen) atoms. The van der Waals surface area contributed by atoms with Crippen molar-refractivity contribution in [1.82, 2.24) is 0 Å². The van der Waals surface area contributed by atoms with Crippen molar-refractivity contribution in [2.75, 3.05) is 0 Å². The third-order valence-corrected chi connectivity index (χ3v) is 4.66. The number of hydrogen-bond acceptors (Lipinski definition) is 2. The molecular weight excluding hydrogens is 440 g/mol. The summed E-state index contributed by atoms with van der Waals surface area (Å²) in [6.07, 6.45) is -6.03. The fourth-order valence-electron chi connectivity index (χ4n) is 1.36. The van der Waals surface area contributed by atoms with Gasteiger partial charge in [-0.1, -0.05) is 23.2 Å². The third-order valence-electron chi connectivity index (χ3n) is 2.69. The second kappa shape index (κ2) is 6.34. The van der Waals surface area contributed by atoms with Gasteiger partial charge in [-0.05, 0) is 12.2 Å². The number of alkyl halides is 9. The highest BCUT2D eigenvalue weighted by atomic mass is 35.5. The zero-order valence-electron chi connectivity index (χ0n) is 11.2. The number of sulfonamides is 1. The maximum absolute atomic E-state index is 13.4. The summed E-state index contributed by atoms with van der Waals surface area (Å²) < 4.78 is 139. The number of hydrogen-bond donors (Lipinski definition) is 0. The molecule has 0 aromatic carbocycles. The van der Waals surface area contributed by atoms with Crippen molar-refractivity contribution in [3.05, 3.63) is 22.2 Å². The van der Waals surface area contributed by atoms with Gasteiger partial charge in [0.05, 0.1) is 10.7 Å². The molecule has 3 nitrogen and oxygen atoms in total. The average Bonchev–Trinajstić information content (AvgIpc) is 2.40. The van der Waals surface area contributed by atoms with Crippen LogP contribution in [0.3, 0.4) is 0 Å². The third kappa shape index (κ3) is 3.63. The van der Waals surface area contributed by atoms with Crippen LogP contribution in [0.4, 0.5) is 39.5 Å². The molecule has 1 aliphatic rings. The smallest absolute Gasteiger partial charge is 0.198 e. The van der Waals surface area contributed by atoms with Crippen LogP contribution in [0.15, 0.2) is 26.6 Å². The van der Waals surface area contributed by atoms with Crippen LogP contribution in [0, 0.1) is 0 Å². The van der Waals surface area contributed by atoms with Crippen LogP contribution in [0.2, 0.25) is 0 Å². The summed E-state index contributed by atoms with van der Waals surface area (Å²) in [5.74, 6) is -14.7. The maximum Gasteiger partial charge on any atom is 0.460 e. The number of nitrogens with zero attached hydrogens (tertiary/aromatic N) is 1. The van der Waals surface area contributed by atoms with Crippen molar-refractivity contribution < 1.29 is 47.9 Å². The van der Waals surface area contributed by atoms with Crippen molar-refractivity contribution >= 4 is 38.9 Å². The standard InChI is InChI=1S/C10H4Cl2F9NO2S/c11-4-1-2-5(12)6(3-4)22-25(23,24)10(20,21)8(15,16)7(13,14)9(17,18)19/h1-2H,3H2. The van der Waals surface area contributed by atoms with Crippen molar-refractivity contribution in [3.63, 3.8) is 0 Å². The molecule has 0 radical (unpaired) electrons. The lowest BCUT2D eigenvalue weighted by atomic mass is 10.1. The average molecular weight is 444 g/mol. The molecule has 0 aliphatic heterocycles. The first-order valence-electron chi connectivity index (χ1n) is 5.64. The first-order chi connectivity index (χ1) is 10.9. The zero-order chi connectivity index (χ0) is 20.1. The van der Waals surface area contributed by atoms with E-state index in [9.17, 15) is 47.9 Å². The minimum atomic E-state index is -7.36. The highest BCUT2D eigenvalue weighted by molar-refractivity contribution is 7.91. The normalized spacial score (nSPS) is 19.7. The van der Waals surface area contributed by atoms with Crippen LogP contribution in [0.1, 0.15) is 6.42 Å². The van der Waals surface area contributed by atoms with Crippen molar-refractivity contribution in [1.29, 1.82) is 0 Å². The summed E-state index contributed by atoms with van der Waals surface area (Å²) in [5, 5.41) is -7.82. The van der Waals surface area contributed by atoms with E-state index in [-0.39, 0.29) is 5.03 Å². The molecule has 144 valence electrons. The van der Waals surface area contributed by atoms with E-state index in [0.29, 0.717) is 0 Å². The number of allylic oxidation sites excluding steroid dienone is 4. The van der Waals surface area contributed by atoms with Gasteiger partial charge in [0, 0.05) is 11.5 Å². The summed E-state index contributed by atoms with van der Waals surface area (Å²) in [4.78, 5) is 0. The lowest BCUT2D eigenvalue weighted by Gasteiger charge is -2.32. The summed E-state index contributed by atoms with van der Waals surface area (Å²) in [6, 6.07) is 0. The lowest BCUT2D eigenvalue weighted by molar-refractivity contribution is -0.382. The van der Waals surface area contributed by atoms with E-state index in [1.54, 1.807) is 0 Å². The van der Waals surface area contributed by atoms with Gasteiger partial charge >= 0.3 is 33.3 Å². The Morgan fingerprint density at radius 1 is 0.880 bits per heavy atom. The van der Waals surface area contributed by atoms with E-state index in [0.717, 1.165) is 12.2 Å². The van der Waals surface area contributed by atoms with Gasteiger partial charge in [0.15, 0.2) is 0 Å². The Balaban J connectivity index is 3.46. The Kier molecular flexibility index (Phi) is 5.60. The van der Waals surface area contributed by atoms with Gasteiger partial charge in [-0.2, -0.15) is 52.3 Å². The molecule has 0 unspecified atom stereocenters. The molecule has 15 heteroatoms. The van der Waals surface area contributed by atoms with Crippen molar-refractivity contribution in [3.8, 4) is 0 Å². The Bertz CT molecular complexity index is 753. The second-order valence-corrected chi connectivity index (χ2v) is 7.02. The SMILES string of the molecule is O=S(=O)(N=C1CC(Cl)=CC=C1Cl)C(F)(F)C(F)(F)C(F)(F)C(F)(F)F. The monoisotopic (exact) mass is 443 g/mol. The van der Waals surface area contributed by atoms with Crippen molar-refractivity contribution in [2.45, 2.75) is 29.7 Å². The minimum Gasteiger partial charge on any atom is -0.198 e. The molecule has 0 aromatic heterocycles. The van der Waals surface area contributed by atoms with Gasteiger partial charge in [0.25, 0.3) is 0 Å². The van der Waals surface area contributed by atoms with Crippen LogP contribution < -0.4 is 0 Å². The summed E-state index contributed by atoms with van der Waals surface area (Å²) >= 11 is 10.8. The summed E-state index contributed by atoms with van der Waals surface area (Å²) in [5.41, 5.74) is -1.04. The predicted molar refractivity (Wildman–Crippen MR) is 69.7 cm³/mol. The van der Waals surface area contributed by atoms with Crippen LogP contribution in [0.25, 0.3) is 0 Å². The van der Waals surface area contributed by atoms with Gasteiger partial charge < -0.3 is 0 Å². The van der Waals surface area contributed by atoms with Crippen LogP contribution in [0.5, 0.6) is 0 Å². The fraction of sp³-hybridized carbons (Fsp3) is 0.500. The number of halogens is 11. The molecular formula is C10H4Cl2F9NO2S. The first kappa shape index (κ1) is 22.1. The predicted octanol–water partition coefficient (Wildman–Crippen LogP) is 4.83. The minimum absolute atomic E-state index is 0.242. The Morgan fingerprint density at radius 2 is 1.36 bits per heavy atom. The van der Waals surface area contributed by atoms with Gasteiger partial charge in [0.2, 0.25) is 0 Å². The molecule has 0 bridgehead atoms. The molecule has 0 atom stereocenters. The summed E-state index contributed by atoms with van der Waals surface area (Å²) in [7, 11) is -6.90. The Morgan fingerprint density at radius 3 is 1.80 bits per heavy atom. The summed E-state index contributed by atoms with van der Waals surface area (Å²) in [6.45, 7) is 0. The maximum atomic E-state index is 13.4. The van der Waals surface area contributed by atoms with Crippen LogP contribution in [-0.2, 0) is 10.0 Å². The van der Waals surface area contributed by atoms with Gasteiger partial charge in [-0.3, -0.25) is 0 Å². The van der Waals surface area contributed by atoms with Gasteiger partial charge in [0.1, 0.15) is 0 Å². The van der Waals surface area contributed by atoms with Gasteiger partial charge in [-0.15, -0.1) is 0 Å². The van der Waals surface area contributed by atoms with Gasteiger partial charge in [-0.25, -0.2) is 0 Å². The molecule has 0 fully saturated rings. The topological polar surface area (TPSA) is 46.5 Å². The van der Waals surface area contributed by atoms with E-state index < -0.39 is 50.5 Å². The highest BCUT2D eigenvalue weighted by Gasteiger charge is 2.85. The molecule has 0 N–H and O–H groups in total. The molecule has 0 heterocycles. The van der Waals surface area contributed by atoms with E-state index in [4.69, 9.17) is 23.2 Å². The fourth-order valence-corrected chi connectivity index (χ4v) is 2.80.